The minimum atomic E-state index is 0.875. The van der Waals surface area contributed by atoms with Crippen molar-refractivity contribution in [3.05, 3.63) is 140 Å². The van der Waals surface area contributed by atoms with Crippen molar-refractivity contribution in [2.24, 2.45) is 0 Å². The number of hydrogen-bond donors (Lipinski definition) is 0. The molecule has 9 rings (SSSR count). The first-order valence-corrected chi connectivity index (χ1v) is 14.9. The molecule has 43 heavy (non-hydrogen) atoms. The Labute approximate surface area is 250 Å². The van der Waals surface area contributed by atoms with Crippen LogP contribution in [0.15, 0.2) is 140 Å². The molecule has 0 aliphatic heterocycles. The van der Waals surface area contributed by atoms with Crippen LogP contribution in [0.2, 0.25) is 0 Å². The van der Waals surface area contributed by atoms with E-state index in [1.165, 1.54) is 54.8 Å². The van der Waals surface area contributed by atoms with Crippen LogP contribution in [0, 0.1) is 0 Å². The van der Waals surface area contributed by atoms with E-state index in [0.717, 1.165) is 28.3 Å². The minimum absolute atomic E-state index is 0.875. The molecule has 204 valence electrons. The van der Waals surface area contributed by atoms with Gasteiger partial charge in [0.2, 0.25) is 0 Å². The third-order valence-corrected chi connectivity index (χ3v) is 8.38. The molecule has 0 unspecified atom stereocenters. The number of rotatable bonds is 3. The highest BCUT2D eigenvalue weighted by Crippen LogP contribution is 2.47. The molecule has 1 aliphatic rings. The lowest BCUT2D eigenvalue weighted by molar-refractivity contribution is 1.18. The van der Waals surface area contributed by atoms with Gasteiger partial charge < -0.3 is 4.57 Å². The molecule has 0 saturated carbocycles. The molecule has 3 nitrogen and oxygen atoms in total. The maximum Gasteiger partial charge on any atom is 0.0893 e. The highest BCUT2D eigenvalue weighted by Gasteiger charge is 2.22. The van der Waals surface area contributed by atoms with Gasteiger partial charge in [0, 0.05) is 33.8 Å². The van der Waals surface area contributed by atoms with Gasteiger partial charge in [-0.15, -0.1) is 0 Å². The number of benzene rings is 5. The van der Waals surface area contributed by atoms with Crippen LogP contribution in [0.1, 0.15) is 13.8 Å². The van der Waals surface area contributed by atoms with Crippen LogP contribution in [0.5, 0.6) is 0 Å². The summed E-state index contributed by atoms with van der Waals surface area (Å²) < 4.78 is 2.34. The predicted octanol–water partition coefficient (Wildman–Crippen LogP) is 10.7. The Bertz CT molecular complexity index is 2310. The van der Waals surface area contributed by atoms with Gasteiger partial charge in [-0.25, -0.2) is 4.98 Å². The Morgan fingerprint density at radius 2 is 1.19 bits per heavy atom. The second-order valence-electron chi connectivity index (χ2n) is 10.7. The van der Waals surface area contributed by atoms with Crippen LogP contribution in [-0.4, -0.2) is 14.5 Å². The lowest BCUT2D eigenvalue weighted by Gasteiger charge is -2.09. The monoisotopic (exact) mass is 551 g/mol. The molecular formula is C40H29N3. The topological polar surface area (TPSA) is 30.7 Å². The van der Waals surface area contributed by atoms with E-state index in [2.05, 4.69) is 138 Å². The molecule has 1 aliphatic carbocycles. The first kappa shape index (κ1) is 25.2. The molecule has 0 saturated heterocycles. The van der Waals surface area contributed by atoms with Gasteiger partial charge in [-0.05, 0) is 76.0 Å². The first-order chi connectivity index (χ1) is 21.3. The number of para-hydroxylation sites is 2. The lowest BCUT2D eigenvalue weighted by Crippen LogP contribution is -1.93. The van der Waals surface area contributed by atoms with Crippen LogP contribution >= 0.6 is 0 Å². The van der Waals surface area contributed by atoms with Crippen molar-refractivity contribution >= 4 is 32.6 Å². The van der Waals surface area contributed by atoms with E-state index >= 15 is 0 Å². The van der Waals surface area contributed by atoms with Crippen molar-refractivity contribution < 1.29 is 0 Å². The minimum Gasteiger partial charge on any atom is -0.309 e. The molecule has 0 radical (unpaired) electrons. The van der Waals surface area contributed by atoms with Gasteiger partial charge in [-0.3, -0.25) is 4.98 Å². The summed E-state index contributed by atoms with van der Waals surface area (Å²) >= 11 is 0. The summed E-state index contributed by atoms with van der Waals surface area (Å²) in [6, 6.07) is 47.3. The summed E-state index contributed by atoms with van der Waals surface area (Å²) in [5, 5.41) is 5.03. The molecule has 5 aromatic carbocycles. The zero-order valence-corrected chi connectivity index (χ0v) is 24.1. The van der Waals surface area contributed by atoms with E-state index in [0.29, 0.717) is 0 Å². The van der Waals surface area contributed by atoms with Crippen LogP contribution in [-0.2, 0) is 0 Å². The molecule has 3 heteroatoms. The molecular weight excluding hydrogens is 522 g/mol. The highest BCUT2D eigenvalue weighted by atomic mass is 15.0. The van der Waals surface area contributed by atoms with Crippen LogP contribution in [0.4, 0.5) is 0 Å². The maximum atomic E-state index is 5.12. The predicted molar refractivity (Wildman–Crippen MR) is 181 cm³/mol. The first-order valence-electron chi connectivity index (χ1n) is 14.9. The fraction of sp³-hybridized carbons (Fsp3) is 0.0500. The number of fused-ring (bicyclic) bond motifs is 6. The van der Waals surface area contributed by atoms with Gasteiger partial charge in [-0.2, -0.15) is 0 Å². The Hall–Kier alpha value is -5.54. The second kappa shape index (κ2) is 10.1. The van der Waals surface area contributed by atoms with Crippen molar-refractivity contribution in [3.8, 4) is 50.6 Å². The van der Waals surface area contributed by atoms with E-state index in [-0.39, 0.29) is 0 Å². The van der Waals surface area contributed by atoms with Crippen molar-refractivity contribution in [1.29, 1.82) is 0 Å². The van der Waals surface area contributed by atoms with E-state index < -0.39 is 0 Å². The van der Waals surface area contributed by atoms with Crippen LogP contribution in [0.3, 0.4) is 0 Å². The van der Waals surface area contributed by atoms with Gasteiger partial charge in [0.05, 0.1) is 28.1 Å². The average Bonchev–Trinajstić information content (AvgIpc) is 3.59. The van der Waals surface area contributed by atoms with Crippen molar-refractivity contribution in [1.82, 2.24) is 14.5 Å². The average molecular weight is 552 g/mol. The van der Waals surface area contributed by atoms with E-state index in [1.54, 1.807) is 0 Å². The Balaban J connectivity index is 0.00000136. The molecule has 3 heterocycles. The molecule has 0 atom stereocenters. The molecule has 0 fully saturated rings. The molecule has 3 aromatic heterocycles. The Morgan fingerprint density at radius 1 is 0.488 bits per heavy atom. The molecule has 0 bridgehead atoms. The summed E-state index contributed by atoms with van der Waals surface area (Å²) in [6.07, 6.45) is 2.01. The second-order valence-corrected chi connectivity index (χ2v) is 10.7. The van der Waals surface area contributed by atoms with E-state index in [4.69, 9.17) is 9.97 Å². The van der Waals surface area contributed by atoms with Gasteiger partial charge in [0.15, 0.2) is 0 Å². The molecule has 0 spiro atoms. The van der Waals surface area contributed by atoms with Crippen molar-refractivity contribution in [2.45, 2.75) is 13.8 Å². The normalized spacial score (nSPS) is 11.5. The largest absolute Gasteiger partial charge is 0.309 e. The molecule has 8 aromatic rings. The summed E-state index contributed by atoms with van der Waals surface area (Å²) in [5.41, 5.74) is 12.3. The fourth-order valence-electron chi connectivity index (χ4n) is 6.55. The van der Waals surface area contributed by atoms with Crippen molar-refractivity contribution in [3.63, 3.8) is 0 Å². The maximum absolute atomic E-state index is 5.12. The van der Waals surface area contributed by atoms with Gasteiger partial charge in [0.1, 0.15) is 0 Å². The zero-order chi connectivity index (χ0) is 28.9. The highest BCUT2D eigenvalue weighted by molar-refractivity contribution is 6.15. The summed E-state index contributed by atoms with van der Waals surface area (Å²) in [4.78, 5) is 10.0. The quantitative estimate of drug-likeness (QED) is 0.219. The Morgan fingerprint density at radius 3 is 2.02 bits per heavy atom. The summed E-state index contributed by atoms with van der Waals surface area (Å²) in [6.45, 7) is 4.00. The number of aromatic nitrogens is 3. The fourth-order valence-corrected chi connectivity index (χ4v) is 6.55. The van der Waals surface area contributed by atoms with Crippen LogP contribution in [0.25, 0.3) is 83.2 Å². The third kappa shape index (κ3) is 3.89. The number of pyridine rings is 2. The van der Waals surface area contributed by atoms with E-state index in [1.807, 2.05) is 20.0 Å². The summed E-state index contributed by atoms with van der Waals surface area (Å²) in [7, 11) is 0. The third-order valence-electron chi connectivity index (χ3n) is 8.38. The molecule has 0 N–H and O–H groups in total. The SMILES string of the molecule is CC.c1ccc(-n2c3ccccc3c3cc(-c4cccc(-c5cc6c(cn5)-c5cccc7cccc-6c57)n4)ccc32)cc1. The summed E-state index contributed by atoms with van der Waals surface area (Å²) in [5.74, 6) is 0. The van der Waals surface area contributed by atoms with Gasteiger partial charge >= 0.3 is 0 Å². The lowest BCUT2D eigenvalue weighted by atomic mass is 10.0. The van der Waals surface area contributed by atoms with Gasteiger partial charge in [-0.1, -0.05) is 98.8 Å². The van der Waals surface area contributed by atoms with E-state index in [9.17, 15) is 0 Å². The number of nitrogens with zero attached hydrogens (tertiary/aromatic N) is 3. The standard InChI is InChI=1S/C38H23N3.C2H6/c1-2-11-26(12-3-1)41-36-18-5-4-13-27(36)31-21-25(19-20-37(31)41)33-16-8-17-34(40-33)35-22-30-28-14-6-9-24-10-7-15-29(38(24)28)32(30)23-39-35;1-2/h1-23H;1-2H3. The number of hydrogen-bond acceptors (Lipinski definition) is 2. The van der Waals surface area contributed by atoms with Crippen LogP contribution < -0.4 is 0 Å². The van der Waals surface area contributed by atoms with Crippen molar-refractivity contribution in [2.75, 3.05) is 0 Å². The smallest absolute Gasteiger partial charge is 0.0893 e. The Kier molecular flexibility index (Phi) is 5.90. The molecule has 0 amide bonds. The van der Waals surface area contributed by atoms with Gasteiger partial charge in [0.25, 0.3) is 0 Å². The zero-order valence-electron chi connectivity index (χ0n) is 24.1.